The molecule has 5 nitrogen and oxygen atoms in total. The first-order valence-electron chi connectivity index (χ1n) is 11.0. The maximum atomic E-state index is 13.3. The van der Waals surface area contributed by atoms with Crippen molar-refractivity contribution < 1.29 is 19.1 Å². The van der Waals surface area contributed by atoms with Crippen LogP contribution in [0.3, 0.4) is 0 Å². The Bertz CT molecular complexity index is 920. The van der Waals surface area contributed by atoms with Gasteiger partial charge in [-0.2, -0.15) is 0 Å². The molecule has 0 amide bonds. The number of carbonyl (C=O) groups excluding carboxylic acids is 2. The maximum absolute atomic E-state index is 13.3. The summed E-state index contributed by atoms with van der Waals surface area (Å²) >= 11 is 0. The molecule has 0 aromatic heterocycles. The van der Waals surface area contributed by atoms with E-state index in [0.717, 1.165) is 24.2 Å². The quantitative estimate of drug-likeness (QED) is 0.390. The summed E-state index contributed by atoms with van der Waals surface area (Å²) in [6, 6.07) is 15.1. The van der Waals surface area contributed by atoms with Crippen molar-refractivity contribution >= 4 is 24.0 Å². The minimum atomic E-state index is -0.641. The number of Topliss-reactive ketones (excluding diaryl/α,β-unsaturated/α-hetero) is 2. The fourth-order valence-electron chi connectivity index (χ4n) is 3.71. The molecule has 0 aliphatic heterocycles. The van der Waals surface area contributed by atoms with Crippen LogP contribution < -0.4 is 4.74 Å². The summed E-state index contributed by atoms with van der Waals surface area (Å²) in [7, 11) is 5.26. The number of ketones is 2. The zero-order valence-electron chi connectivity index (χ0n) is 20.9. The maximum Gasteiger partial charge on any atom is 0.171 e. The van der Waals surface area contributed by atoms with Crippen LogP contribution in [0.25, 0.3) is 0 Å². The molecule has 182 valence electrons. The smallest absolute Gasteiger partial charge is 0.171 e. The van der Waals surface area contributed by atoms with Gasteiger partial charge in [-0.25, -0.2) is 0 Å². The lowest BCUT2D eigenvalue weighted by Gasteiger charge is -2.30. The van der Waals surface area contributed by atoms with Gasteiger partial charge >= 0.3 is 0 Å². The van der Waals surface area contributed by atoms with E-state index in [1.165, 1.54) is 0 Å². The Morgan fingerprint density at radius 3 is 2.09 bits per heavy atom. The van der Waals surface area contributed by atoms with E-state index >= 15 is 0 Å². The standard InChI is InChI=1S/C27H37NO4.ClH/c1-26(2,3)24(29)21-13-11-20(12-14-21)18-28(5)16-15-27(4,19-31-6)25(30)22-9-8-10-23(17-22)32-7;/h8-14,17H,15-16,18-19H2,1-7H3;1H. The first kappa shape index (κ1) is 28.8. The Balaban J connectivity index is 0.00000544. The van der Waals surface area contributed by atoms with Gasteiger partial charge in [-0.3, -0.25) is 9.59 Å². The number of rotatable bonds is 11. The van der Waals surface area contributed by atoms with Crippen LogP contribution in [0.2, 0.25) is 0 Å². The summed E-state index contributed by atoms with van der Waals surface area (Å²) in [4.78, 5) is 27.9. The molecule has 2 aromatic carbocycles. The molecule has 2 rings (SSSR count). The van der Waals surface area contributed by atoms with Gasteiger partial charge in [0.05, 0.1) is 19.1 Å². The zero-order valence-corrected chi connectivity index (χ0v) is 21.8. The summed E-state index contributed by atoms with van der Waals surface area (Å²) in [5.41, 5.74) is 1.47. The lowest BCUT2D eigenvalue weighted by atomic mass is 9.79. The third-order valence-electron chi connectivity index (χ3n) is 5.74. The minimum Gasteiger partial charge on any atom is -0.497 e. The van der Waals surface area contributed by atoms with E-state index < -0.39 is 5.41 Å². The number of ether oxygens (including phenoxy) is 2. The Morgan fingerprint density at radius 2 is 1.55 bits per heavy atom. The Hall–Kier alpha value is -2.21. The first-order valence-corrected chi connectivity index (χ1v) is 11.0. The van der Waals surface area contributed by atoms with Crippen molar-refractivity contribution in [1.82, 2.24) is 4.90 Å². The summed E-state index contributed by atoms with van der Waals surface area (Å²) in [6.45, 7) is 9.57. The Morgan fingerprint density at radius 1 is 0.909 bits per heavy atom. The number of benzene rings is 2. The Kier molecular flexibility index (Phi) is 10.8. The number of carbonyl (C=O) groups is 2. The molecule has 0 heterocycles. The van der Waals surface area contributed by atoms with Crippen LogP contribution in [0, 0.1) is 10.8 Å². The highest BCUT2D eigenvalue weighted by Gasteiger charge is 2.34. The molecule has 2 aromatic rings. The van der Waals surface area contributed by atoms with Gasteiger partial charge in [0, 0.05) is 30.2 Å². The molecule has 0 fully saturated rings. The van der Waals surface area contributed by atoms with Crippen molar-refractivity contribution in [2.75, 3.05) is 34.4 Å². The molecule has 0 N–H and O–H groups in total. The van der Waals surface area contributed by atoms with E-state index in [-0.39, 0.29) is 29.4 Å². The second-order valence-electron chi connectivity index (χ2n) is 9.82. The molecule has 1 atom stereocenters. The molecule has 0 aliphatic rings. The highest BCUT2D eigenvalue weighted by molar-refractivity contribution is 6.01. The summed E-state index contributed by atoms with van der Waals surface area (Å²) in [5.74, 6) is 0.863. The van der Waals surface area contributed by atoms with Crippen LogP contribution >= 0.6 is 12.4 Å². The molecule has 0 aliphatic carbocycles. The number of hydrogen-bond donors (Lipinski definition) is 0. The van der Waals surface area contributed by atoms with Gasteiger partial charge in [-0.1, -0.05) is 64.1 Å². The monoisotopic (exact) mass is 475 g/mol. The fraction of sp³-hybridized carbons (Fsp3) is 0.481. The van der Waals surface area contributed by atoms with Crippen LogP contribution in [0.1, 0.15) is 60.4 Å². The van der Waals surface area contributed by atoms with Crippen LogP contribution in [-0.2, 0) is 11.3 Å². The molecule has 0 spiro atoms. The highest BCUT2D eigenvalue weighted by atomic mass is 35.5. The average Bonchev–Trinajstić information content (AvgIpc) is 2.77. The normalized spacial score (nSPS) is 13.2. The predicted octanol–water partition coefficient (Wildman–Crippen LogP) is 5.70. The summed E-state index contributed by atoms with van der Waals surface area (Å²) < 4.78 is 10.7. The van der Waals surface area contributed by atoms with E-state index in [0.29, 0.717) is 24.3 Å². The largest absolute Gasteiger partial charge is 0.497 e. The molecule has 0 saturated heterocycles. The van der Waals surface area contributed by atoms with Crippen molar-refractivity contribution in [3.63, 3.8) is 0 Å². The number of halogens is 1. The molecule has 0 bridgehead atoms. The molecule has 0 saturated carbocycles. The number of methoxy groups -OCH3 is 2. The van der Waals surface area contributed by atoms with Gasteiger partial charge in [0.15, 0.2) is 11.6 Å². The molecule has 0 radical (unpaired) electrons. The van der Waals surface area contributed by atoms with Crippen LogP contribution in [0.4, 0.5) is 0 Å². The lowest BCUT2D eigenvalue weighted by molar-refractivity contribution is 0.0520. The second kappa shape index (κ2) is 12.3. The predicted molar refractivity (Wildman–Crippen MR) is 136 cm³/mol. The van der Waals surface area contributed by atoms with Crippen molar-refractivity contribution in [1.29, 1.82) is 0 Å². The van der Waals surface area contributed by atoms with Crippen molar-refractivity contribution in [2.45, 2.75) is 40.7 Å². The van der Waals surface area contributed by atoms with E-state index in [9.17, 15) is 9.59 Å². The summed E-state index contributed by atoms with van der Waals surface area (Å²) in [6.07, 6.45) is 0.661. The Labute approximate surface area is 204 Å². The molecular formula is C27H38ClNO4. The summed E-state index contributed by atoms with van der Waals surface area (Å²) in [5, 5.41) is 0. The van der Waals surface area contributed by atoms with E-state index in [2.05, 4.69) is 4.90 Å². The van der Waals surface area contributed by atoms with E-state index in [4.69, 9.17) is 9.47 Å². The fourth-order valence-corrected chi connectivity index (χ4v) is 3.71. The van der Waals surface area contributed by atoms with E-state index in [1.54, 1.807) is 20.3 Å². The van der Waals surface area contributed by atoms with Gasteiger partial charge in [0.2, 0.25) is 0 Å². The third kappa shape index (κ3) is 7.95. The van der Waals surface area contributed by atoms with Crippen molar-refractivity contribution in [3.05, 3.63) is 65.2 Å². The first-order chi connectivity index (χ1) is 15.0. The van der Waals surface area contributed by atoms with Gasteiger partial charge in [-0.05, 0) is 37.7 Å². The van der Waals surface area contributed by atoms with Gasteiger partial charge < -0.3 is 14.4 Å². The molecule has 1 unspecified atom stereocenters. The van der Waals surface area contributed by atoms with Crippen LogP contribution in [0.5, 0.6) is 5.75 Å². The average molecular weight is 476 g/mol. The molecular weight excluding hydrogens is 438 g/mol. The van der Waals surface area contributed by atoms with E-state index in [1.807, 2.05) is 77.2 Å². The van der Waals surface area contributed by atoms with Gasteiger partial charge in [0.25, 0.3) is 0 Å². The third-order valence-corrected chi connectivity index (χ3v) is 5.74. The minimum absolute atomic E-state index is 0. The van der Waals surface area contributed by atoms with Crippen molar-refractivity contribution in [2.24, 2.45) is 10.8 Å². The van der Waals surface area contributed by atoms with Crippen molar-refractivity contribution in [3.8, 4) is 5.75 Å². The molecule has 6 heteroatoms. The van der Waals surface area contributed by atoms with Crippen LogP contribution in [-0.4, -0.2) is 50.9 Å². The number of hydrogen-bond acceptors (Lipinski definition) is 5. The second-order valence-corrected chi connectivity index (χ2v) is 9.82. The van der Waals surface area contributed by atoms with Gasteiger partial charge in [0.1, 0.15) is 5.75 Å². The SMILES string of the molecule is COCC(C)(CCN(C)Cc1ccc(C(=O)C(C)(C)C)cc1)C(=O)c1cccc(OC)c1.Cl. The topological polar surface area (TPSA) is 55.8 Å². The zero-order chi connectivity index (χ0) is 23.9. The number of nitrogens with zero attached hydrogens (tertiary/aromatic N) is 1. The highest BCUT2D eigenvalue weighted by Crippen LogP contribution is 2.29. The van der Waals surface area contributed by atoms with Gasteiger partial charge in [-0.15, -0.1) is 12.4 Å². The lowest BCUT2D eigenvalue weighted by Crippen LogP contribution is -2.36. The van der Waals surface area contributed by atoms with Crippen LogP contribution in [0.15, 0.2) is 48.5 Å². The molecule has 33 heavy (non-hydrogen) atoms.